The lowest BCUT2D eigenvalue weighted by Crippen LogP contribution is -2.31. The fourth-order valence-electron chi connectivity index (χ4n) is 3.65. The topological polar surface area (TPSA) is 93.9 Å². The molecule has 0 atom stereocenters. The summed E-state index contributed by atoms with van der Waals surface area (Å²) in [6.45, 7) is 5.06. The van der Waals surface area contributed by atoms with Crippen LogP contribution < -0.4 is 20.5 Å². The van der Waals surface area contributed by atoms with Gasteiger partial charge in [-0.2, -0.15) is 0 Å². The molecule has 0 saturated heterocycles. The van der Waals surface area contributed by atoms with Gasteiger partial charge in [-0.25, -0.2) is 0 Å². The molecule has 3 heterocycles. The van der Waals surface area contributed by atoms with Crippen LogP contribution >= 0.6 is 23.7 Å². The number of nitrogens with two attached hydrogens (primary N) is 1. The van der Waals surface area contributed by atoms with Crippen molar-refractivity contribution >= 4 is 46.6 Å². The van der Waals surface area contributed by atoms with Crippen LogP contribution in [0.25, 0.3) is 6.08 Å². The normalized spacial score (nSPS) is 15.0. The SMILES string of the molecule is CCCN1CCc2c(sc(NC(=O)/C=C/c3ccc4c(c3)OCO4)c2C(N)=O)C1.Cl. The number of anilines is 1. The lowest BCUT2D eigenvalue weighted by molar-refractivity contribution is -0.111. The van der Waals surface area contributed by atoms with Crippen LogP contribution in [0.15, 0.2) is 24.3 Å². The number of rotatable bonds is 6. The zero-order valence-electron chi connectivity index (χ0n) is 16.6. The quantitative estimate of drug-likeness (QED) is 0.659. The van der Waals surface area contributed by atoms with Crippen LogP contribution in [0.1, 0.15) is 39.7 Å². The third-order valence-corrected chi connectivity index (χ3v) is 6.11. The van der Waals surface area contributed by atoms with E-state index in [0.717, 1.165) is 48.5 Å². The third-order valence-electron chi connectivity index (χ3n) is 4.98. The van der Waals surface area contributed by atoms with Crippen LogP contribution in [-0.4, -0.2) is 36.6 Å². The molecule has 30 heavy (non-hydrogen) atoms. The third kappa shape index (κ3) is 4.61. The van der Waals surface area contributed by atoms with Crippen LogP contribution in [0.4, 0.5) is 5.00 Å². The van der Waals surface area contributed by atoms with Crippen molar-refractivity contribution in [3.8, 4) is 11.5 Å². The lowest BCUT2D eigenvalue weighted by Gasteiger charge is -2.26. The second-order valence-corrected chi connectivity index (χ2v) is 8.14. The van der Waals surface area contributed by atoms with Gasteiger partial charge in [0.25, 0.3) is 5.91 Å². The van der Waals surface area contributed by atoms with Gasteiger partial charge in [-0.3, -0.25) is 14.5 Å². The largest absolute Gasteiger partial charge is 0.454 e. The predicted octanol–water partition coefficient (Wildman–Crippen LogP) is 3.42. The molecule has 2 amide bonds. The Morgan fingerprint density at radius 3 is 2.87 bits per heavy atom. The molecule has 0 fully saturated rings. The summed E-state index contributed by atoms with van der Waals surface area (Å²) in [5, 5.41) is 3.36. The van der Waals surface area contributed by atoms with Crippen LogP contribution in [0, 0.1) is 0 Å². The highest BCUT2D eigenvalue weighted by molar-refractivity contribution is 7.17. The highest BCUT2D eigenvalue weighted by atomic mass is 35.5. The number of amides is 2. The maximum Gasteiger partial charge on any atom is 0.251 e. The van der Waals surface area contributed by atoms with Gasteiger partial charge < -0.3 is 20.5 Å². The second-order valence-electron chi connectivity index (χ2n) is 7.03. The molecule has 0 bridgehead atoms. The molecular formula is C21H24ClN3O4S. The molecule has 0 unspecified atom stereocenters. The first kappa shape index (κ1) is 22.1. The van der Waals surface area contributed by atoms with Crippen molar-refractivity contribution in [3.63, 3.8) is 0 Å². The zero-order valence-corrected chi connectivity index (χ0v) is 18.2. The van der Waals surface area contributed by atoms with Gasteiger partial charge in [-0.1, -0.05) is 13.0 Å². The molecule has 0 spiro atoms. The summed E-state index contributed by atoms with van der Waals surface area (Å²) in [6, 6.07) is 5.46. The van der Waals surface area contributed by atoms with E-state index in [1.54, 1.807) is 12.1 Å². The zero-order chi connectivity index (χ0) is 20.4. The molecule has 2 aliphatic rings. The van der Waals surface area contributed by atoms with Crippen molar-refractivity contribution < 1.29 is 19.1 Å². The summed E-state index contributed by atoms with van der Waals surface area (Å²) in [7, 11) is 0. The van der Waals surface area contributed by atoms with E-state index >= 15 is 0 Å². The molecular weight excluding hydrogens is 426 g/mol. The van der Waals surface area contributed by atoms with Crippen molar-refractivity contribution in [3.05, 3.63) is 45.8 Å². The van der Waals surface area contributed by atoms with Crippen molar-refractivity contribution in [1.29, 1.82) is 0 Å². The predicted molar refractivity (Wildman–Crippen MR) is 120 cm³/mol. The van der Waals surface area contributed by atoms with Gasteiger partial charge in [0.15, 0.2) is 11.5 Å². The van der Waals surface area contributed by atoms with Gasteiger partial charge >= 0.3 is 0 Å². The molecule has 0 radical (unpaired) electrons. The molecule has 2 aromatic rings. The fraction of sp³-hybridized carbons (Fsp3) is 0.333. The number of carbonyl (C=O) groups excluding carboxylic acids is 2. The van der Waals surface area contributed by atoms with Crippen LogP contribution in [0.5, 0.6) is 11.5 Å². The number of hydrogen-bond donors (Lipinski definition) is 2. The number of nitrogens with one attached hydrogen (secondary N) is 1. The first-order valence-corrected chi connectivity index (χ1v) is 10.4. The minimum Gasteiger partial charge on any atom is -0.454 e. The maximum atomic E-state index is 12.5. The Balaban J connectivity index is 0.00000256. The number of fused-ring (bicyclic) bond motifs is 2. The van der Waals surface area contributed by atoms with Crippen molar-refractivity contribution in [2.45, 2.75) is 26.3 Å². The second kappa shape index (κ2) is 9.51. The minimum atomic E-state index is -0.499. The average molecular weight is 450 g/mol. The molecule has 1 aromatic heterocycles. The number of thiophene rings is 1. The summed E-state index contributed by atoms with van der Waals surface area (Å²) in [5.74, 6) is 0.542. The van der Waals surface area contributed by atoms with Crippen LogP contribution in [-0.2, 0) is 17.8 Å². The summed E-state index contributed by atoms with van der Waals surface area (Å²) in [5.41, 5.74) is 7.87. The standard InChI is InChI=1S/C21H23N3O4S.ClH/c1-2-8-24-9-7-14-17(11-24)29-21(19(14)20(22)26)23-18(25)6-4-13-3-5-15-16(10-13)28-12-27-15;/h3-6,10H,2,7-9,11-12H2,1H3,(H2,22,26)(H,23,25);1H/b6-4+;. The Bertz CT molecular complexity index is 989. The number of ether oxygens (including phenoxy) is 2. The van der Waals surface area contributed by atoms with Gasteiger partial charge in [0, 0.05) is 24.0 Å². The Hall–Kier alpha value is -2.55. The van der Waals surface area contributed by atoms with Crippen LogP contribution in [0.2, 0.25) is 0 Å². The number of primary amides is 1. The Morgan fingerprint density at radius 1 is 1.30 bits per heavy atom. The number of carbonyl (C=O) groups is 2. The van der Waals surface area contributed by atoms with E-state index in [0.29, 0.717) is 22.1 Å². The highest BCUT2D eigenvalue weighted by Crippen LogP contribution is 2.37. The molecule has 3 N–H and O–H groups in total. The van der Waals surface area contributed by atoms with Gasteiger partial charge in [-0.15, -0.1) is 23.7 Å². The molecule has 2 aliphatic heterocycles. The molecule has 160 valence electrons. The number of benzene rings is 1. The van der Waals surface area contributed by atoms with Crippen molar-refractivity contribution in [1.82, 2.24) is 4.90 Å². The minimum absolute atomic E-state index is 0. The molecule has 1 aromatic carbocycles. The average Bonchev–Trinajstić information content (AvgIpc) is 3.29. The van der Waals surface area contributed by atoms with Crippen LogP contribution in [0.3, 0.4) is 0 Å². The van der Waals surface area contributed by atoms with Crippen molar-refractivity contribution in [2.24, 2.45) is 5.73 Å². The fourth-order valence-corrected chi connectivity index (χ4v) is 4.95. The molecule has 4 rings (SSSR count). The molecule has 7 nitrogen and oxygen atoms in total. The van der Waals surface area contributed by atoms with E-state index < -0.39 is 5.91 Å². The first-order valence-electron chi connectivity index (χ1n) is 9.60. The Morgan fingerprint density at radius 2 is 2.10 bits per heavy atom. The number of nitrogens with zero attached hydrogens (tertiary/aromatic N) is 1. The summed E-state index contributed by atoms with van der Waals surface area (Å²) >= 11 is 1.44. The first-order chi connectivity index (χ1) is 14.0. The molecule has 0 aliphatic carbocycles. The molecule has 0 saturated carbocycles. The highest BCUT2D eigenvalue weighted by Gasteiger charge is 2.27. The van der Waals surface area contributed by atoms with Gasteiger partial charge in [0.2, 0.25) is 12.7 Å². The number of hydrogen-bond acceptors (Lipinski definition) is 6. The smallest absolute Gasteiger partial charge is 0.251 e. The van der Waals surface area contributed by atoms with E-state index in [1.807, 2.05) is 12.1 Å². The van der Waals surface area contributed by atoms with E-state index in [4.69, 9.17) is 15.2 Å². The summed E-state index contributed by atoms with van der Waals surface area (Å²) in [6.07, 6.45) is 4.98. The van der Waals surface area contributed by atoms with E-state index in [9.17, 15) is 9.59 Å². The maximum absolute atomic E-state index is 12.5. The Labute approximate surface area is 185 Å². The monoisotopic (exact) mass is 449 g/mol. The number of halogens is 1. The lowest BCUT2D eigenvalue weighted by atomic mass is 10.0. The van der Waals surface area contributed by atoms with E-state index in [-0.39, 0.29) is 25.1 Å². The Kier molecular flexibility index (Phi) is 7.02. The van der Waals surface area contributed by atoms with Gasteiger partial charge in [0.05, 0.1) is 5.56 Å². The van der Waals surface area contributed by atoms with Crippen molar-refractivity contribution in [2.75, 3.05) is 25.2 Å². The van der Waals surface area contributed by atoms with E-state index in [2.05, 4.69) is 17.1 Å². The summed E-state index contributed by atoms with van der Waals surface area (Å²) in [4.78, 5) is 28.0. The van der Waals surface area contributed by atoms with Gasteiger partial charge in [-0.05, 0) is 48.7 Å². The molecule has 9 heteroatoms. The van der Waals surface area contributed by atoms with Gasteiger partial charge in [0.1, 0.15) is 5.00 Å². The van der Waals surface area contributed by atoms with E-state index in [1.165, 1.54) is 17.4 Å². The summed E-state index contributed by atoms with van der Waals surface area (Å²) < 4.78 is 10.6.